The SMILES string of the molecule is Nc1ncc(CN2CCc3cc4c(cc3C2)OCO4)c2nc(-c3ccco3)nn12. The van der Waals surface area contributed by atoms with E-state index in [1.807, 2.05) is 6.07 Å². The lowest BCUT2D eigenvalue weighted by atomic mass is 9.98. The minimum Gasteiger partial charge on any atom is -0.461 e. The molecule has 2 N–H and O–H groups in total. The normalized spacial score (nSPS) is 15.7. The Morgan fingerprint density at radius 2 is 2.00 bits per heavy atom. The van der Waals surface area contributed by atoms with E-state index in [0.717, 1.165) is 36.6 Å². The largest absolute Gasteiger partial charge is 0.461 e. The zero-order valence-electron chi connectivity index (χ0n) is 15.5. The second kappa shape index (κ2) is 6.21. The van der Waals surface area contributed by atoms with Gasteiger partial charge < -0.3 is 19.6 Å². The third-order valence-electron chi connectivity index (χ3n) is 5.39. The Hall–Kier alpha value is -3.59. The van der Waals surface area contributed by atoms with Crippen LogP contribution in [0.25, 0.3) is 17.2 Å². The summed E-state index contributed by atoms with van der Waals surface area (Å²) < 4.78 is 18.0. The molecule has 0 radical (unpaired) electrons. The molecule has 2 aliphatic rings. The predicted octanol–water partition coefficient (Wildman–Crippen LogP) is 2.25. The quantitative estimate of drug-likeness (QED) is 0.568. The van der Waals surface area contributed by atoms with E-state index in [4.69, 9.17) is 19.6 Å². The van der Waals surface area contributed by atoms with Gasteiger partial charge in [0, 0.05) is 31.4 Å². The second-order valence-electron chi connectivity index (χ2n) is 7.22. The number of hydrogen-bond donors (Lipinski definition) is 1. The van der Waals surface area contributed by atoms with Gasteiger partial charge >= 0.3 is 0 Å². The maximum absolute atomic E-state index is 6.02. The smallest absolute Gasteiger partial charge is 0.231 e. The van der Waals surface area contributed by atoms with Crippen LogP contribution in [0, 0.1) is 0 Å². The van der Waals surface area contributed by atoms with Crippen molar-refractivity contribution < 1.29 is 13.9 Å². The van der Waals surface area contributed by atoms with Gasteiger partial charge in [0.1, 0.15) is 0 Å². The van der Waals surface area contributed by atoms with Crippen molar-refractivity contribution in [3.63, 3.8) is 0 Å². The maximum atomic E-state index is 6.02. The van der Waals surface area contributed by atoms with Gasteiger partial charge in [-0.1, -0.05) is 0 Å². The molecule has 0 unspecified atom stereocenters. The summed E-state index contributed by atoms with van der Waals surface area (Å²) in [6, 6.07) is 7.82. The fourth-order valence-electron chi connectivity index (χ4n) is 3.94. The Morgan fingerprint density at radius 3 is 2.83 bits per heavy atom. The minimum atomic E-state index is 0.294. The van der Waals surface area contributed by atoms with Gasteiger partial charge in [0.05, 0.1) is 6.26 Å². The van der Waals surface area contributed by atoms with Crippen molar-refractivity contribution in [2.75, 3.05) is 19.1 Å². The van der Waals surface area contributed by atoms with Gasteiger partial charge in [-0.3, -0.25) is 4.90 Å². The number of furan rings is 1. The molecule has 5 heterocycles. The molecule has 29 heavy (non-hydrogen) atoms. The highest BCUT2D eigenvalue weighted by atomic mass is 16.7. The standard InChI is InChI=1S/C20H18N6O3/c21-20-22-8-14(19-23-18(24-26(19)20)15-2-1-5-27-15)10-25-4-3-12-6-16-17(29-11-28-16)7-13(12)9-25/h1-2,5-8H,3-4,9-11H2,(H2,21,22). The van der Waals surface area contributed by atoms with Crippen molar-refractivity contribution >= 4 is 11.6 Å². The van der Waals surface area contributed by atoms with E-state index in [1.54, 1.807) is 23.0 Å². The highest BCUT2D eigenvalue weighted by molar-refractivity contribution is 5.57. The maximum Gasteiger partial charge on any atom is 0.231 e. The number of ether oxygens (including phenoxy) is 2. The lowest BCUT2D eigenvalue weighted by Gasteiger charge is -2.28. The number of nitrogens with zero attached hydrogens (tertiary/aromatic N) is 5. The van der Waals surface area contributed by atoms with Gasteiger partial charge in [-0.25, -0.2) is 9.97 Å². The first-order chi connectivity index (χ1) is 14.2. The molecule has 9 nitrogen and oxygen atoms in total. The number of rotatable bonds is 3. The molecule has 0 aliphatic carbocycles. The fourth-order valence-corrected chi connectivity index (χ4v) is 3.94. The third kappa shape index (κ3) is 2.70. The van der Waals surface area contributed by atoms with Crippen LogP contribution in [0.5, 0.6) is 11.5 Å². The van der Waals surface area contributed by atoms with Gasteiger partial charge in [-0.05, 0) is 41.8 Å². The first kappa shape index (κ1) is 16.4. The summed E-state index contributed by atoms with van der Waals surface area (Å²) in [6.07, 6.45) is 4.33. The lowest BCUT2D eigenvalue weighted by molar-refractivity contribution is 0.174. The number of benzene rings is 1. The van der Waals surface area contributed by atoms with Crippen LogP contribution < -0.4 is 15.2 Å². The molecule has 2 aliphatic heterocycles. The highest BCUT2D eigenvalue weighted by Crippen LogP contribution is 2.37. The lowest BCUT2D eigenvalue weighted by Crippen LogP contribution is -2.30. The van der Waals surface area contributed by atoms with Gasteiger partial charge in [0.2, 0.25) is 18.6 Å². The number of nitrogen functional groups attached to an aromatic ring is 1. The van der Waals surface area contributed by atoms with Crippen LogP contribution in [0.4, 0.5) is 5.95 Å². The Morgan fingerprint density at radius 1 is 1.14 bits per heavy atom. The molecule has 0 saturated carbocycles. The molecule has 146 valence electrons. The van der Waals surface area contributed by atoms with Gasteiger partial charge in [-0.15, -0.1) is 5.10 Å². The molecular weight excluding hydrogens is 372 g/mol. The number of nitrogens with two attached hydrogens (primary N) is 1. The molecule has 0 bridgehead atoms. The molecule has 1 aromatic carbocycles. The van der Waals surface area contributed by atoms with E-state index < -0.39 is 0 Å². The van der Waals surface area contributed by atoms with E-state index in [9.17, 15) is 0 Å². The van der Waals surface area contributed by atoms with Gasteiger partial charge in [0.25, 0.3) is 0 Å². The van der Waals surface area contributed by atoms with Crippen LogP contribution in [-0.2, 0) is 19.5 Å². The first-order valence-corrected chi connectivity index (χ1v) is 9.42. The molecule has 0 fully saturated rings. The van der Waals surface area contributed by atoms with E-state index in [1.165, 1.54) is 11.1 Å². The average molecular weight is 390 g/mol. The monoisotopic (exact) mass is 390 g/mol. The number of anilines is 1. The fraction of sp³-hybridized carbons (Fsp3) is 0.250. The highest BCUT2D eigenvalue weighted by Gasteiger charge is 2.23. The summed E-state index contributed by atoms with van der Waals surface area (Å²) in [5.41, 5.74) is 10.3. The molecule has 3 aromatic heterocycles. The molecule has 6 rings (SSSR count). The van der Waals surface area contributed by atoms with Crippen molar-refractivity contribution in [3.05, 3.63) is 53.4 Å². The van der Waals surface area contributed by atoms with E-state index in [0.29, 0.717) is 36.5 Å². The van der Waals surface area contributed by atoms with Crippen molar-refractivity contribution in [1.82, 2.24) is 24.5 Å². The Balaban J connectivity index is 1.31. The van der Waals surface area contributed by atoms with Gasteiger partial charge in [-0.2, -0.15) is 4.52 Å². The molecule has 9 heteroatoms. The zero-order valence-corrected chi connectivity index (χ0v) is 15.5. The summed E-state index contributed by atoms with van der Waals surface area (Å²) >= 11 is 0. The predicted molar refractivity (Wildman–Crippen MR) is 103 cm³/mol. The van der Waals surface area contributed by atoms with E-state index in [-0.39, 0.29) is 0 Å². The topological polar surface area (TPSA) is 104 Å². The number of hydrogen-bond acceptors (Lipinski definition) is 8. The van der Waals surface area contributed by atoms with Crippen molar-refractivity contribution in [1.29, 1.82) is 0 Å². The summed E-state index contributed by atoms with van der Waals surface area (Å²) in [6.45, 7) is 2.74. The molecule has 0 spiro atoms. The zero-order chi connectivity index (χ0) is 19.4. The molecule has 0 atom stereocenters. The van der Waals surface area contributed by atoms with Crippen LogP contribution >= 0.6 is 0 Å². The van der Waals surface area contributed by atoms with Crippen LogP contribution in [0.3, 0.4) is 0 Å². The Bertz CT molecular complexity index is 1220. The molecule has 0 saturated heterocycles. The number of aromatic nitrogens is 4. The summed E-state index contributed by atoms with van der Waals surface area (Å²) in [4.78, 5) is 11.3. The first-order valence-electron chi connectivity index (χ1n) is 9.42. The van der Waals surface area contributed by atoms with Crippen molar-refractivity contribution in [2.24, 2.45) is 0 Å². The van der Waals surface area contributed by atoms with Gasteiger partial charge in [0.15, 0.2) is 22.9 Å². The minimum absolute atomic E-state index is 0.294. The van der Waals surface area contributed by atoms with E-state index >= 15 is 0 Å². The van der Waals surface area contributed by atoms with E-state index in [2.05, 4.69) is 32.1 Å². The van der Waals surface area contributed by atoms with Crippen LogP contribution in [0.15, 0.2) is 41.1 Å². The Kier molecular flexibility index (Phi) is 3.51. The molecule has 0 amide bonds. The summed E-state index contributed by atoms with van der Waals surface area (Å²) in [5, 5.41) is 4.46. The van der Waals surface area contributed by atoms with Crippen LogP contribution in [0.2, 0.25) is 0 Å². The summed E-state index contributed by atoms with van der Waals surface area (Å²) in [5.74, 6) is 3.05. The average Bonchev–Trinajstić information content (AvgIpc) is 3.48. The van der Waals surface area contributed by atoms with Crippen LogP contribution in [-0.4, -0.2) is 37.8 Å². The van der Waals surface area contributed by atoms with Crippen molar-refractivity contribution in [2.45, 2.75) is 19.5 Å². The molecular formula is C20H18N6O3. The second-order valence-corrected chi connectivity index (χ2v) is 7.22. The summed E-state index contributed by atoms with van der Waals surface area (Å²) in [7, 11) is 0. The Labute approximate surface area is 165 Å². The third-order valence-corrected chi connectivity index (χ3v) is 5.39. The van der Waals surface area contributed by atoms with Crippen LogP contribution in [0.1, 0.15) is 16.7 Å². The molecule has 4 aromatic rings. The number of fused-ring (bicyclic) bond motifs is 3. The van der Waals surface area contributed by atoms with Crippen molar-refractivity contribution in [3.8, 4) is 23.1 Å².